The fraction of sp³-hybridized carbons (Fsp3) is 0.167. The maximum atomic E-state index is 14.2. The van der Waals surface area contributed by atoms with E-state index in [2.05, 4.69) is 15.0 Å². The molecule has 3 rings (SSSR count). The number of rotatable bonds is 4. The molecule has 0 unspecified atom stereocenters. The number of aromatic nitrogens is 3. The molecule has 0 amide bonds. The van der Waals surface area contributed by atoms with Crippen LogP contribution in [0.15, 0.2) is 41.3 Å². The van der Waals surface area contributed by atoms with Crippen LogP contribution in [0.25, 0.3) is 11.5 Å². The Morgan fingerprint density at radius 2 is 1.85 bits per heavy atom. The molecule has 0 atom stereocenters. The van der Waals surface area contributed by atoms with E-state index in [4.69, 9.17) is 34.8 Å². The lowest BCUT2D eigenvalue weighted by Gasteiger charge is -2.15. The number of pyridine rings is 1. The minimum Gasteiger partial charge on any atom is -0.305 e. The van der Waals surface area contributed by atoms with Gasteiger partial charge in [0.15, 0.2) is 5.82 Å². The fourth-order valence-corrected chi connectivity index (χ4v) is 2.95. The van der Waals surface area contributed by atoms with Gasteiger partial charge in [-0.2, -0.15) is 8.78 Å². The van der Waals surface area contributed by atoms with Crippen molar-refractivity contribution in [1.82, 2.24) is 15.0 Å². The Morgan fingerprint density at radius 1 is 1.11 bits per heavy atom. The van der Waals surface area contributed by atoms with Crippen LogP contribution in [-0.4, -0.2) is 15.0 Å². The van der Waals surface area contributed by atoms with E-state index in [1.54, 1.807) is 6.07 Å². The lowest BCUT2D eigenvalue weighted by molar-refractivity contribution is 0.0117. The smallest absolute Gasteiger partial charge is 0.287 e. The van der Waals surface area contributed by atoms with Crippen LogP contribution in [0.4, 0.5) is 8.78 Å². The van der Waals surface area contributed by atoms with Crippen LogP contribution in [0.3, 0.4) is 0 Å². The van der Waals surface area contributed by atoms with Gasteiger partial charge >= 0.3 is 0 Å². The molecule has 0 saturated carbocycles. The van der Waals surface area contributed by atoms with Crippen molar-refractivity contribution < 1.29 is 8.78 Å². The lowest BCUT2D eigenvalue weighted by atomic mass is 10.0. The molecule has 0 saturated heterocycles. The average molecular weight is 431 g/mol. The maximum Gasteiger partial charge on any atom is 0.287 e. The summed E-state index contributed by atoms with van der Waals surface area (Å²) in [5.41, 5.74) is -0.676. The van der Waals surface area contributed by atoms with Gasteiger partial charge in [0.25, 0.3) is 11.5 Å². The van der Waals surface area contributed by atoms with Crippen molar-refractivity contribution in [3.63, 3.8) is 0 Å². The highest BCUT2D eigenvalue weighted by atomic mass is 35.5. The molecule has 0 aliphatic carbocycles. The highest BCUT2D eigenvalue weighted by Crippen LogP contribution is 2.30. The fourth-order valence-electron chi connectivity index (χ4n) is 2.52. The van der Waals surface area contributed by atoms with E-state index in [1.165, 1.54) is 30.5 Å². The zero-order valence-electron chi connectivity index (χ0n) is 13.9. The predicted octanol–water partition coefficient (Wildman–Crippen LogP) is 5.49. The molecule has 3 aromatic rings. The second kappa shape index (κ2) is 7.54. The SMILES string of the molecule is CC(F)(F)c1nc(-c2ccc(Cl)cn2)[nH]c(=O)c1Cc1ccc(Cl)c(Cl)c1. The van der Waals surface area contributed by atoms with Crippen LogP contribution in [0.5, 0.6) is 0 Å². The Labute approximate surface area is 168 Å². The van der Waals surface area contributed by atoms with E-state index in [-0.39, 0.29) is 28.5 Å². The lowest BCUT2D eigenvalue weighted by Crippen LogP contribution is -2.25. The summed E-state index contributed by atoms with van der Waals surface area (Å²) in [7, 11) is 0. The van der Waals surface area contributed by atoms with Gasteiger partial charge in [0.2, 0.25) is 0 Å². The van der Waals surface area contributed by atoms with Gasteiger partial charge in [-0.25, -0.2) is 4.98 Å². The second-order valence-corrected chi connectivity index (χ2v) is 7.17. The third-order valence-electron chi connectivity index (χ3n) is 3.77. The van der Waals surface area contributed by atoms with E-state index >= 15 is 0 Å². The molecule has 4 nitrogen and oxygen atoms in total. The molecule has 2 aromatic heterocycles. The number of H-pyrrole nitrogens is 1. The van der Waals surface area contributed by atoms with Gasteiger partial charge in [0, 0.05) is 25.1 Å². The molecule has 9 heteroatoms. The topological polar surface area (TPSA) is 58.6 Å². The third kappa shape index (κ3) is 4.46. The van der Waals surface area contributed by atoms with E-state index in [9.17, 15) is 13.6 Å². The Balaban J connectivity index is 2.11. The van der Waals surface area contributed by atoms with Crippen molar-refractivity contribution in [3.05, 3.63) is 78.8 Å². The molecule has 0 bridgehead atoms. The first-order valence-corrected chi connectivity index (χ1v) is 8.86. The Hall–Kier alpha value is -2.02. The Bertz CT molecular complexity index is 1050. The first kappa shape index (κ1) is 19.7. The molecule has 2 heterocycles. The molecule has 140 valence electrons. The van der Waals surface area contributed by atoms with Crippen LogP contribution in [-0.2, 0) is 12.3 Å². The molecule has 1 aromatic carbocycles. The van der Waals surface area contributed by atoms with Crippen LogP contribution in [0.1, 0.15) is 23.7 Å². The number of hydrogen-bond acceptors (Lipinski definition) is 3. The summed E-state index contributed by atoms with van der Waals surface area (Å²) < 4.78 is 28.4. The summed E-state index contributed by atoms with van der Waals surface area (Å²) in [6, 6.07) is 7.68. The number of aromatic amines is 1. The molecule has 0 fully saturated rings. The van der Waals surface area contributed by atoms with E-state index in [0.717, 1.165) is 0 Å². The summed E-state index contributed by atoms with van der Waals surface area (Å²) in [6.45, 7) is 0.687. The third-order valence-corrected chi connectivity index (χ3v) is 4.73. The number of benzene rings is 1. The zero-order valence-corrected chi connectivity index (χ0v) is 16.1. The van der Waals surface area contributed by atoms with Crippen molar-refractivity contribution in [1.29, 1.82) is 0 Å². The summed E-state index contributed by atoms with van der Waals surface area (Å²) in [6.07, 6.45) is 1.26. The van der Waals surface area contributed by atoms with Crippen LogP contribution in [0, 0.1) is 0 Å². The maximum absolute atomic E-state index is 14.2. The monoisotopic (exact) mass is 429 g/mol. The molecule has 0 spiro atoms. The minimum atomic E-state index is -3.33. The number of halogens is 5. The van der Waals surface area contributed by atoms with E-state index in [0.29, 0.717) is 22.5 Å². The van der Waals surface area contributed by atoms with Crippen LogP contribution in [0.2, 0.25) is 15.1 Å². The molecule has 27 heavy (non-hydrogen) atoms. The highest BCUT2D eigenvalue weighted by molar-refractivity contribution is 6.42. The summed E-state index contributed by atoms with van der Waals surface area (Å²) in [5, 5.41) is 0.974. The molecule has 0 aliphatic heterocycles. The summed E-state index contributed by atoms with van der Waals surface area (Å²) in [5.74, 6) is -3.40. The van der Waals surface area contributed by atoms with Gasteiger partial charge < -0.3 is 4.98 Å². The van der Waals surface area contributed by atoms with Crippen LogP contribution >= 0.6 is 34.8 Å². The van der Waals surface area contributed by atoms with Crippen molar-refractivity contribution >= 4 is 34.8 Å². The largest absolute Gasteiger partial charge is 0.305 e. The number of nitrogens with one attached hydrogen (secondary N) is 1. The van der Waals surface area contributed by atoms with Crippen molar-refractivity contribution in [2.75, 3.05) is 0 Å². The van der Waals surface area contributed by atoms with Gasteiger partial charge in [-0.15, -0.1) is 0 Å². The molecule has 0 aliphatic rings. The van der Waals surface area contributed by atoms with Gasteiger partial charge in [-0.3, -0.25) is 9.78 Å². The molecule has 0 radical (unpaired) electrons. The van der Waals surface area contributed by atoms with Crippen molar-refractivity contribution in [3.8, 4) is 11.5 Å². The first-order chi connectivity index (χ1) is 12.6. The number of hydrogen-bond donors (Lipinski definition) is 1. The molecular formula is C18H12Cl3F2N3O. The standard InChI is InChI=1S/C18H12Cl3F2N3O/c1-18(22,23)15-11(6-9-2-4-12(20)13(21)7-9)17(27)26-16(25-15)14-5-3-10(19)8-24-14/h2-5,7-8H,6H2,1H3,(H,25,26,27). The summed E-state index contributed by atoms with van der Waals surface area (Å²) in [4.78, 5) is 23.0. The van der Waals surface area contributed by atoms with Crippen molar-refractivity contribution in [2.45, 2.75) is 19.3 Å². The van der Waals surface area contributed by atoms with E-state index in [1.807, 2.05) is 0 Å². The van der Waals surface area contributed by atoms with Gasteiger partial charge in [-0.1, -0.05) is 40.9 Å². The van der Waals surface area contributed by atoms with Crippen molar-refractivity contribution in [2.24, 2.45) is 0 Å². The molecular weight excluding hydrogens is 419 g/mol. The van der Waals surface area contributed by atoms with Gasteiger partial charge in [0.05, 0.1) is 15.1 Å². The Kier molecular flexibility index (Phi) is 5.51. The number of alkyl halides is 2. The van der Waals surface area contributed by atoms with Gasteiger partial charge in [0.1, 0.15) is 11.4 Å². The zero-order chi connectivity index (χ0) is 19.8. The average Bonchev–Trinajstić information content (AvgIpc) is 2.59. The minimum absolute atomic E-state index is 0.0638. The normalized spacial score (nSPS) is 11.6. The molecule has 1 N–H and O–H groups in total. The highest BCUT2D eigenvalue weighted by Gasteiger charge is 2.32. The first-order valence-electron chi connectivity index (χ1n) is 7.72. The quantitative estimate of drug-likeness (QED) is 0.595. The van der Waals surface area contributed by atoms with Crippen LogP contribution < -0.4 is 5.56 Å². The predicted molar refractivity (Wildman–Crippen MR) is 102 cm³/mol. The second-order valence-electron chi connectivity index (χ2n) is 5.92. The number of nitrogens with zero attached hydrogens (tertiary/aromatic N) is 2. The Morgan fingerprint density at radius 3 is 2.44 bits per heavy atom. The summed E-state index contributed by atoms with van der Waals surface area (Å²) >= 11 is 17.6. The van der Waals surface area contributed by atoms with E-state index < -0.39 is 17.2 Å². The van der Waals surface area contributed by atoms with Gasteiger partial charge in [-0.05, 0) is 29.8 Å².